The van der Waals surface area contributed by atoms with Crippen molar-refractivity contribution in [1.29, 1.82) is 0 Å². The van der Waals surface area contributed by atoms with Gasteiger partial charge in [0.15, 0.2) is 0 Å². The fraction of sp³-hybridized carbons (Fsp3) is 0. The van der Waals surface area contributed by atoms with Crippen molar-refractivity contribution in [1.82, 2.24) is 0 Å². The maximum absolute atomic E-state index is 7.81. The largest absolute Gasteiger partial charge is 0 e. The normalized spacial score (nSPS) is 1.00. The molecule has 0 aromatic carbocycles. The summed E-state index contributed by atoms with van der Waals surface area (Å²) >= 11 is 2.94. The Bertz CT molecular complexity index is 25.2. The zero-order chi connectivity index (χ0) is 2.00. The number of hydrogen-bond donors (Lipinski definition) is 0. The smallest absolute Gasteiger partial charge is 0 e. The van der Waals surface area contributed by atoms with Gasteiger partial charge in [-0.05, 0) is 0 Å². The van der Waals surface area contributed by atoms with Crippen LogP contribution in [0.15, 0.2) is 0 Å². The van der Waals surface area contributed by atoms with E-state index in [9.17, 15) is 0 Å². The van der Waals surface area contributed by atoms with E-state index in [0.29, 0.717) is 0 Å². The summed E-state index contributed by atoms with van der Waals surface area (Å²) in [4.78, 5) is 0. The monoisotopic (exact) mass is 579 g/mol. The summed E-state index contributed by atoms with van der Waals surface area (Å²) in [5.74, 6) is 0. The van der Waals surface area contributed by atoms with Crippen molar-refractivity contribution in [2.75, 3.05) is 0 Å². The van der Waals surface area contributed by atoms with Gasteiger partial charge in [0.2, 0.25) is 0 Å². The van der Waals surface area contributed by atoms with Crippen LogP contribution in [0.4, 0.5) is 0 Å². The molecular formula is H4BaCaCuErOSm. The second kappa shape index (κ2) is 30.9. The van der Waals surface area contributed by atoms with E-state index in [1.54, 1.807) is 0 Å². The summed E-state index contributed by atoms with van der Waals surface area (Å²) in [5, 5.41) is 0. The van der Waals surface area contributed by atoms with Crippen LogP contribution in [-0.4, -0.2) is 86.6 Å². The third-order valence-corrected chi connectivity index (χ3v) is 0. The molecule has 0 saturated heterocycles. The minimum absolute atomic E-state index is 0. The summed E-state index contributed by atoms with van der Waals surface area (Å²) in [6.45, 7) is 0. The first-order valence-electron chi connectivity index (χ1n) is 0.123. The molecule has 6 heteroatoms. The van der Waals surface area contributed by atoms with Crippen LogP contribution in [0.2, 0.25) is 0 Å². The van der Waals surface area contributed by atoms with Crippen LogP contribution in [0, 0.1) is 77.7 Å². The van der Waals surface area contributed by atoms with Gasteiger partial charge in [0.05, 0.1) is 0 Å². The van der Waals surface area contributed by atoms with E-state index in [1.807, 2.05) is 0 Å². The van der Waals surface area contributed by atoms with Crippen LogP contribution >= 0.6 is 0 Å². The van der Waals surface area contributed by atoms with Crippen molar-refractivity contribution in [3.05, 3.63) is 0 Å². The van der Waals surface area contributed by atoms with Crippen molar-refractivity contribution in [2.24, 2.45) is 0 Å². The SMILES string of the molecule is [Ba+2].[Ca+2].[Er].[H-].[H-].[H-].[H-].[O]=[Cu].[Sm]. The van der Waals surface area contributed by atoms with Crippen molar-refractivity contribution < 1.29 is 103 Å². The van der Waals surface area contributed by atoms with Crippen LogP contribution in [0.1, 0.15) is 5.71 Å². The van der Waals surface area contributed by atoms with Gasteiger partial charge in [-0.2, -0.15) is 0 Å². The van der Waals surface area contributed by atoms with Gasteiger partial charge in [-0.1, -0.05) is 0 Å². The third kappa shape index (κ3) is 22.6. The molecule has 0 amide bonds. The van der Waals surface area contributed by atoms with E-state index in [2.05, 4.69) is 15.9 Å². The molecule has 0 aliphatic rings. The van der Waals surface area contributed by atoms with Gasteiger partial charge in [0, 0.05) is 77.7 Å². The quantitative estimate of drug-likeness (QED) is 0.357. The van der Waals surface area contributed by atoms with Gasteiger partial charge >= 0.3 is 106 Å². The van der Waals surface area contributed by atoms with Gasteiger partial charge in [0.25, 0.3) is 0 Å². The molecule has 6 heavy (non-hydrogen) atoms. The van der Waals surface area contributed by atoms with Crippen LogP contribution in [0.3, 0.4) is 0 Å². The fourth-order valence-corrected chi connectivity index (χ4v) is 0. The minimum Gasteiger partial charge on any atom is 0 e. The molecule has 43 valence electrons. The zero-order valence-corrected chi connectivity index (χ0v) is 14.9. The molecular weight excluding hydrogens is 575 g/mol. The molecule has 0 heterocycles. The van der Waals surface area contributed by atoms with Gasteiger partial charge in [-0.3, -0.25) is 0 Å². The van der Waals surface area contributed by atoms with Crippen molar-refractivity contribution in [2.45, 2.75) is 0 Å². The molecule has 0 atom stereocenters. The Balaban J connectivity index is -0.000000000179. The molecule has 0 aliphatic carbocycles. The second-order valence-electron chi connectivity index (χ2n) is 0. The summed E-state index contributed by atoms with van der Waals surface area (Å²) < 4.78 is 7.81. The number of rotatable bonds is 0. The molecule has 0 unspecified atom stereocenters. The summed E-state index contributed by atoms with van der Waals surface area (Å²) in [7, 11) is 0. The topological polar surface area (TPSA) is 17.1 Å². The van der Waals surface area contributed by atoms with Crippen molar-refractivity contribution in [3.63, 3.8) is 0 Å². The Morgan fingerprint density at radius 1 is 1.33 bits per heavy atom. The fourth-order valence-electron chi connectivity index (χ4n) is 0. The zero-order valence-electron chi connectivity index (χ0n) is 6.82. The van der Waals surface area contributed by atoms with Gasteiger partial charge < -0.3 is 5.71 Å². The Morgan fingerprint density at radius 2 is 1.33 bits per heavy atom. The van der Waals surface area contributed by atoms with E-state index in [0.717, 1.165) is 0 Å². The molecule has 0 fully saturated rings. The molecule has 0 radical (unpaired) electrons. The van der Waals surface area contributed by atoms with Crippen LogP contribution in [0.25, 0.3) is 0 Å². The number of hydrogen-bond acceptors (Lipinski definition) is 1. The first-order valence-corrected chi connectivity index (χ1v) is 0.508. The molecule has 0 bridgehead atoms. The molecule has 0 aliphatic heterocycles. The van der Waals surface area contributed by atoms with Gasteiger partial charge in [0.1, 0.15) is 0 Å². The van der Waals surface area contributed by atoms with Crippen molar-refractivity contribution >= 4 is 86.6 Å². The van der Waals surface area contributed by atoms with Crippen molar-refractivity contribution in [3.8, 4) is 0 Å². The van der Waals surface area contributed by atoms with E-state index >= 15 is 0 Å². The minimum atomic E-state index is 0. The standard InChI is InChI=1S/Ba.Ca.Cu.Er.O.Sm.4H/q2*+2;;;;;4*-1. The van der Waals surface area contributed by atoms with E-state index in [1.165, 1.54) is 0 Å². The molecule has 0 saturated carbocycles. The molecule has 0 N–H and O–H groups in total. The average Bonchev–Trinajstić information content (AvgIpc) is 1.00. The van der Waals surface area contributed by atoms with Crippen LogP contribution in [-0.2, 0) is 19.8 Å². The Morgan fingerprint density at radius 3 is 1.33 bits per heavy atom. The predicted molar refractivity (Wildman–Crippen MR) is 16.6 cm³/mol. The Kier molecular flexibility index (Phi) is 154. The predicted octanol–water partition coefficient (Wildman–Crippen LogP) is -0.433. The first kappa shape index (κ1) is 29.8. The summed E-state index contributed by atoms with van der Waals surface area (Å²) in [5.41, 5.74) is 0. The van der Waals surface area contributed by atoms with Crippen LogP contribution in [0.5, 0.6) is 0 Å². The van der Waals surface area contributed by atoms with Crippen LogP contribution < -0.4 is 0 Å². The molecule has 0 spiro atoms. The Hall–Kier alpha value is 5.74. The summed E-state index contributed by atoms with van der Waals surface area (Å²) in [6, 6.07) is 0. The van der Waals surface area contributed by atoms with E-state index in [4.69, 9.17) is 3.83 Å². The van der Waals surface area contributed by atoms with E-state index < -0.39 is 0 Å². The maximum Gasteiger partial charge on any atom is 0 e. The third-order valence-electron chi connectivity index (χ3n) is 0. The average molecular weight is 579 g/mol. The second-order valence-corrected chi connectivity index (χ2v) is 0. The molecule has 0 aromatic rings. The molecule has 0 aromatic heterocycles. The molecule has 0 rings (SSSR count). The molecule has 1 nitrogen and oxygen atoms in total. The van der Waals surface area contributed by atoms with E-state index in [-0.39, 0.29) is 170 Å². The Labute approximate surface area is 184 Å². The maximum atomic E-state index is 7.81. The van der Waals surface area contributed by atoms with Gasteiger partial charge in [-0.25, -0.2) is 0 Å². The summed E-state index contributed by atoms with van der Waals surface area (Å²) in [6.07, 6.45) is 0. The first-order chi connectivity index (χ1) is 1.00. The van der Waals surface area contributed by atoms with Gasteiger partial charge in [-0.15, -0.1) is 0 Å².